The van der Waals surface area contributed by atoms with Gasteiger partial charge in [0.15, 0.2) is 0 Å². The van der Waals surface area contributed by atoms with E-state index >= 15 is 0 Å². The van der Waals surface area contributed by atoms with Gasteiger partial charge >= 0.3 is 5.69 Å². The number of ether oxygens (including phenoxy) is 3. The zero-order chi connectivity index (χ0) is 22.5. The van der Waals surface area contributed by atoms with Gasteiger partial charge in [-0.15, -0.1) is 0 Å². The number of H-pyrrole nitrogens is 1. The van der Waals surface area contributed by atoms with Crippen molar-refractivity contribution in [1.29, 1.82) is 0 Å². The largest absolute Gasteiger partial charge is 0.497 e. The molecule has 1 aromatic heterocycles. The molecule has 1 saturated heterocycles. The van der Waals surface area contributed by atoms with Crippen LogP contribution in [-0.2, 0) is 22.4 Å². The number of methoxy groups -OCH3 is 2. The molecule has 2 aromatic rings. The molecule has 1 aromatic carbocycles. The first-order chi connectivity index (χ1) is 14.8. The fourth-order valence-corrected chi connectivity index (χ4v) is 3.49. The SMILES string of the molecule is CCc1cn([C@@H]2CC(O)[C@H](CNC(=O)Cc3cc(OC)cc(OC)c3)O2)c(=O)[nH]c1=O. The molecule has 31 heavy (non-hydrogen) atoms. The van der Waals surface area contributed by atoms with E-state index in [0.717, 1.165) is 0 Å². The van der Waals surface area contributed by atoms with E-state index in [9.17, 15) is 19.5 Å². The summed E-state index contributed by atoms with van der Waals surface area (Å²) in [7, 11) is 3.07. The molecule has 3 rings (SSSR count). The predicted molar refractivity (Wildman–Crippen MR) is 111 cm³/mol. The van der Waals surface area contributed by atoms with Crippen molar-refractivity contribution in [2.24, 2.45) is 0 Å². The third kappa shape index (κ3) is 5.33. The molecule has 168 valence electrons. The van der Waals surface area contributed by atoms with Crippen LogP contribution >= 0.6 is 0 Å². The average Bonchev–Trinajstić information content (AvgIpc) is 3.12. The number of benzene rings is 1. The minimum Gasteiger partial charge on any atom is -0.497 e. The normalized spacial score (nSPS) is 20.5. The lowest BCUT2D eigenvalue weighted by atomic mass is 10.1. The van der Waals surface area contributed by atoms with Crippen LogP contribution in [-0.4, -0.2) is 53.5 Å². The Bertz CT molecular complexity index is 1020. The lowest BCUT2D eigenvalue weighted by molar-refractivity contribution is -0.121. The molecule has 3 N–H and O–H groups in total. The fourth-order valence-electron chi connectivity index (χ4n) is 3.49. The van der Waals surface area contributed by atoms with Crippen LogP contribution in [0.25, 0.3) is 0 Å². The number of aliphatic hydroxyl groups is 1. The van der Waals surface area contributed by atoms with Gasteiger partial charge in [-0.2, -0.15) is 0 Å². The van der Waals surface area contributed by atoms with Crippen molar-refractivity contribution in [1.82, 2.24) is 14.9 Å². The van der Waals surface area contributed by atoms with Crippen LogP contribution in [0.2, 0.25) is 0 Å². The quantitative estimate of drug-likeness (QED) is 0.539. The van der Waals surface area contributed by atoms with Crippen molar-refractivity contribution < 1.29 is 24.1 Å². The van der Waals surface area contributed by atoms with Gasteiger partial charge < -0.3 is 24.6 Å². The maximum absolute atomic E-state index is 12.4. The first kappa shape index (κ1) is 22.6. The van der Waals surface area contributed by atoms with Crippen LogP contribution in [0.1, 0.15) is 30.7 Å². The summed E-state index contributed by atoms with van der Waals surface area (Å²) in [5.74, 6) is 0.902. The van der Waals surface area contributed by atoms with Crippen molar-refractivity contribution >= 4 is 5.91 Å². The van der Waals surface area contributed by atoms with Crippen molar-refractivity contribution in [3.8, 4) is 11.5 Å². The van der Waals surface area contributed by atoms with Gasteiger partial charge in [-0.25, -0.2) is 4.79 Å². The molecule has 0 bridgehead atoms. The molecule has 10 heteroatoms. The van der Waals surface area contributed by atoms with Gasteiger partial charge in [0.25, 0.3) is 5.56 Å². The lowest BCUT2D eigenvalue weighted by Gasteiger charge is -2.17. The molecule has 1 amide bonds. The van der Waals surface area contributed by atoms with E-state index in [2.05, 4.69) is 10.3 Å². The van der Waals surface area contributed by atoms with Crippen LogP contribution in [0.15, 0.2) is 34.0 Å². The minimum atomic E-state index is -0.869. The highest BCUT2D eigenvalue weighted by Crippen LogP contribution is 2.27. The maximum atomic E-state index is 12.4. The molecule has 1 aliphatic heterocycles. The predicted octanol–water partition coefficient (Wildman–Crippen LogP) is 0.124. The van der Waals surface area contributed by atoms with E-state index in [4.69, 9.17) is 14.2 Å². The summed E-state index contributed by atoms with van der Waals surface area (Å²) in [6.45, 7) is 1.89. The number of hydrogen-bond donors (Lipinski definition) is 3. The number of aromatic amines is 1. The van der Waals surface area contributed by atoms with E-state index in [1.807, 2.05) is 0 Å². The Morgan fingerprint density at radius 3 is 2.55 bits per heavy atom. The molecule has 1 aliphatic rings. The molecule has 0 saturated carbocycles. The third-order valence-corrected chi connectivity index (χ3v) is 5.21. The summed E-state index contributed by atoms with van der Waals surface area (Å²) in [6, 6.07) is 5.20. The highest BCUT2D eigenvalue weighted by Gasteiger charge is 2.35. The van der Waals surface area contributed by atoms with E-state index < -0.39 is 29.7 Å². The van der Waals surface area contributed by atoms with Crippen LogP contribution in [0.3, 0.4) is 0 Å². The van der Waals surface area contributed by atoms with Crippen molar-refractivity contribution in [3.05, 3.63) is 56.4 Å². The van der Waals surface area contributed by atoms with Gasteiger partial charge in [-0.3, -0.25) is 19.1 Å². The first-order valence-corrected chi connectivity index (χ1v) is 10.0. The van der Waals surface area contributed by atoms with Crippen LogP contribution in [0.5, 0.6) is 11.5 Å². The molecular weight excluding hydrogens is 406 g/mol. The highest BCUT2D eigenvalue weighted by atomic mass is 16.5. The summed E-state index contributed by atoms with van der Waals surface area (Å²) in [6.07, 6.45) is -0.102. The fraction of sp³-hybridized carbons (Fsp3) is 0.476. The van der Waals surface area contributed by atoms with Crippen molar-refractivity contribution in [2.45, 2.75) is 44.6 Å². The number of rotatable bonds is 8. The third-order valence-electron chi connectivity index (χ3n) is 5.21. The average molecular weight is 433 g/mol. The molecule has 1 unspecified atom stereocenters. The molecule has 0 aliphatic carbocycles. The van der Waals surface area contributed by atoms with Gasteiger partial charge in [-0.05, 0) is 24.1 Å². The Balaban J connectivity index is 1.61. The Morgan fingerprint density at radius 1 is 1.26 bits per heavy atom. The molecule has 10 nitrogen and oxygen atoms in total. The summed E-state index contributed by atoms with van der Waals surface area (Å²) in [5.41, 5.74) is 0.130. The highest BCUT2D eigenvalue weighted by molar-refractivity contribution is 5.78. The second-order valence-electron chi connectivity index (χ2n) is 7.31. The summed E-state index contributed by atoms with van der Waals surface area (Å²) >= 11 is 0. The second kappa shape index (κ2) is 9.80. The Kier molecular flexibility index (Phi) is 7.13. The standard InChI is InChI=1S/C21H27N3O7/c1-4-13-11-24(21(28)23-20(13)27)19-9-16(25)17(31-19)10-22-18(26)7-12-5-14(29-2)8-15(6-12)30-3/h5-6,8,11,16-17,19,25H,4,7,9-10H2,1-3H3,(H,22,26)(H,23,27,28)/t16?,17-,19-/m0/s1. The molecule has 0 radical (unpaired) electrons. The number of amides is 1. The van der Waals surface area contributed by atoms with Gasteiger partial charge in [0.1, 0.15) is 23.8 Å². The molecule has 2 heterocycles. The topological polar surface area (TPSA) is 132 Å². The Hall–Kier alpha value is -3.11. The number of aryl methyl sites for hydroxylation is 1. The number of carbonyl (C=O) groups is 1. The van der Waals surface area contributed by atoms with E-state index in [0.29, 0.717) is 29.0 Å². The van der Waals surface area contributed by atoms with E-state index in [-0.39, 0.29) is 25.3 Å². The molecule has 1 fully saturated rings. The van der Waals surface area contributed by atoms with Gasteiger partial charge in [-0.1, -0.05) is 6.92 Å². The summed E-state index contributed by atoms with van der Waals surface area (Å²) in [5, 5.41) is 13.1. The van der Waals surface area contributed by atoms with Crippen LogP contribution in [0, 0.1) is 0 Å². The Morgan fingerprint density at radius 2 is 1.94 bits per heavy atom. The van der Waals surface area contributed by atoms with Crippen LogP contribution in [0.4, 0.5) is 0 Å². The van der Waals surface area contributed by atoms with Gasteiger partial charge in [0.2, 0.25) is 5.91 Å². The molecule has 3 atom stereocenters. The number of nitrogens with one attached hydrogen (secondary N) is 2. The van der Waals surface area contributed by atoms with Crippen LogP contribution < -0.4 is 26.0 Å². The zero-order valence-electron chi connectivity index (χ0n) is 17.7. The lowest BCUT2D eigenvalue weighted by Crippen LogP contribution is -2.38. The summed E-state index contributed by atoms with van der Waals surface area (Å²) in [4.78, 5) is 38.5. The van der Waals surface area contributed by atoms with Crippen molar-refractivity contribution in [3.63, 3.8) is 0 Å². The van der Waals surface area contributed by atoms with E-state index in [1.165, 1.54) is 25.0 Å². The minimum absolute atomic E-state index is 0.0797. The number of aromatic nitrogens is 2. The number of hydrogen-bond acceptors (Lipinski definition) is 7. The summed E-state index contributed by atoms with van der Waals surface area (Å²) < 4.78 is 17.5. The number of nitrogens with zero attached hydrogens (tertiary/aromatic N) is 1. The second-order valence-corrected chi connectivity index (χ2v) is 7.31. The molecule has 0 spiro atoms. The van der Waals surface area contributed by atoms with Crippen molar-refractivity contribution in [2.75, 3.05) is 20.8 Å². The maximum Gasteiger partial charge on any atom is 0.330 e. The van der Waals surface area contributed by atoms with Gasteiger partial charge in [0, 0.05) is 30.8 Å². The zero-order valence-corrected chi connectivity index (χ0v) is 17.7. The molecular formula is C21H27N3O7. The monoisotopic (exact) mass is 433 g/mol. The number of aliphatic hydroxyl groups excluding tert-OH is 1. The van der Waals surface area contributed by atoms with E-state index in [1.54, 1.807) is 25.1 Å². The smallest absolute Gasteiger partial charge is 0.330 e. The number of carbonyl (C=O) groups excluding carboxylic acids is 1. The van der Waals surface area contributed by atoms with Gasteiger partial charge in [0.05, 0.1) is 26.7 Å². The Labute approximate surface area is 178 Å². The first-order valence-electron chi connectivity index (χ1n) is 10.0.